The fourth-order valence-electron chi connectivity index (χ4n) is 2.49. The van der Waals surface area contributed by atoms with Crippen LogP contribution in [0.1, 0.15) is 33.3 Å². The molecule has 1 heterocycles. The summed E-state index contributed by atoms with van der Waals surface area (Å²) in [6.07, 6.45) is 1.17. The minimum atomic E-state index is 0.164. The van der Waals surface area contributed by atoms with Crippen molar-refractivity contribution in [3.05, 3.63) is 23.8 Å². The van der Waals surface area contributed by atoms with Crippen molar-refractivity contribution in [2.24, 2.45) is 5.92 Å². The largest absolute Gasteiger partial charge is 0.399 e. The van der Waals surface area contributed by atoms with Crippen molar-refractivity contribution in [3.63, 3.8) is 0 Å². The number of rotatable bonds is 0. The van der Waals surface area contributed by atoms with Crippen molar-refractivity contribution in [1.29, 1.82) is 0 Å². The Hall–Kier alpha value is -1.18. The minimum Gasteiger partial charge on any atom is -0.399 e. The summed E-state index contributed by atoms with van der Waals surface area (Å²) < 4.78 is 0. The van der Waals surface area contributed by atoms with Crippen molar-refractivity contribution in [2.75, 3.05) is 17.2 Å². The summed E-state index contributed by atoms with van der Waals surface area (Å²) in [7, 11) is 0. The van der Waals surface area contributed by atoms with Gasteiger partial charge in [0, 0.05) is 23.5 Å². The van der Waals surface area contributed by atoms with Crippen LogP contribution in [-0.4, -0.2) is 12.1 Å². The third-order valence-electron chi connectivity index (χ3n) is 3.27. The Kier molecular flexibility index (Phi) is 2.61. The second-order valence-electron chi connectivity index (χ2n) is 5.98. The standard InChI is InChI=1S/C14H22N2/c1-10-7-11-5-6-12(15)8-13(11)16(9-10)14(2,3)4/h5-6,8,10H,7,9,15H2,1-4H3. The lowest BCUT2D eigenvalue weighted by Gasteiger charge is -2.44. The van der Waals surface area contributed by atoms with E-state index in [0.29, 0.717) is 0 Å². The van der Waals surface area contributed by atoms with Crippen LogP contribution >= 0.6 is 0 Å². The van der Waals surface area contributed by atoms with Crippen LogP contribution in [0.25, 0.3) is 0 Å². The monoisotopic (exact) mass is 218 g/mol. The normalized spacial score (nSPS) is 20.8. The molecule has 2 nitrogen and oxygen atoms in total. The summed E-state index contributed by atoms with van der Waals surface area (Å²) >= 11 is 0. The van der Waals surface area contributed by atoms with Gasteiger partial charge in [0.1, 0.15) is 0 Å². The average Bonchev–Trinajstić information content (AvgIpc) is 2.16. The van der Waals surface area contributed by atoms with Gasteiger partial charge in [-0.3, -0.25) is 0 Å². The lowest BCUT2D eigenvalue weighted by molar-refractivity contribution is 0.429. The van der Waals surface area contributed by atoms with E-state index in [0.717, 1.165) is 18.2 Å². The summed E-state index contributed by atoms with van der Waals surface area (Å²) in [4.78, 5) is 2.48. The molecule has 0 spiro atoms. The zero-order valence-electron chi connectivity index (χ0n) is 10.7. The zero-order valence-corrected chi connectivity index (χ0v) is 10.7. The quantitative estimate of drug-likeness (QED) is 0.678. The van der Waals surface area contributed by atoms with Gasteiger partial charge in [-0.05, 0) is 50.8 Å². The molecule has 1 unspecified atom stereocenters. The topological polar surface area (TPSA) is 29.3 Å². The number of hydrogen-bond donors (Lipinski definition) is 1. The van der Waals surface area contributed by atoms with E-state index in [2.05, 4.69) is 44.7 Å². The van der Waals surface area contributed by atoms with Crippen molar-refractivity contribution >= 4 is 11.4 Å². The zero-order chi connectivity index (χ0) is 11.9. The summed E-state index contributed by atoms with van der Waals surface area (Å²) in [6, 6.07) is 6.31. The first-order valence-electron chi connectivity index (χ1n) is 6.04. The molecule has 2 rings (SSSR count). The first-order valence-corrected chi connectivity index (χ1v) is 6.04. The average molecular weight is 218 g/mol. The Bertz CT molecular complexity index is 390. The van der Waals surface area contributed by atoms with Gasteiger partial charge < -0.3 is 10.6 Å². The maximum absolute atomic E-state index is 5.90. The molecule has 1 aliphatic heterocycles. The highest BCUT2D eigenvalue weighted by molar-refractivity contribution is 5.63. The Balaban J connectivity index is 2.47. The van der Waals surface area contributed by atoms with Gasteiger partial charge in [-0.1, -0.05) is 13.0 Å². The van der Waals surface area contributed by atoms with Crippen LogP contribution in [0, 0.1) is 5.92 Å². The lowest BCUT2D eigenvalue weighted by Crippen LogP contribution is -2.47. The molecule has 1 aliphatic rings. The predicted molar refractivity (Wildman–Crippen MR) is 70.8 cm³/mol. The van der Waals surface area contributed by atoms with Gasteiger partial charge >= 0.3 is 0 Å². The maximum atomic E-state index is 5.90. The van der Waals surface area contributed by atoms with Crippen LogP contribution in [0.5, 0.6) is 0 Å². The fourth-order valence-corrected chi connectivity index (χ4v) is 2.49. The highest BCUT2D eigenvalue weighted by Gasteiger charge is 2.29. The van der Waals surface area contributed by atoms with E-state index in [-0.39, 0.29) is 5.54 Å². The molecule has 88 valence electrons. The Labute approximate surface area is 98.4 Å². The van der Waals surface area contributed by atoms with E-state index >= 15 is 0 Å². The van der Waals surface area contributed by atoms with Gasteiger partial charge in [0.2, 0.25) is 0 Å². The molecule has 0 aromatic heterocycles. The van der Waals surface area contributed by atoms with Gasteiger partial charge in [0.05, 0.1) is 0 Å². The molecule has 0 saturated heterocycles. The Morgan fingerprint density at radius 1 is 1.31 bits per heavy atom. The van der Waals surface area contributed by atoms with Crippen LogP contribution < -0.4 is 10.6 Å². The van der Waals surface area contributed by atoms with E-state index in [1.54, 1.807) is 0 Å². The number of nitrogens with two attached hydrogens (primary N) is 1. The van der Waals surface area contributed by atoms with Gasteiger partial charge in [-0.15, -0.1) is 0 Å². The maximum Gasteiger partial charge on any atom is 0.0423 e. The number of benzene rings is 1. The number of fused-ring (bicyclic) bond motifs is 1. The van der Waals surface area contributed by atoms with Crippen LogP contribution in [-0.2, 0) is 6.42 Å². The third-order valence-corrected chi connectivity index (χ3v) is 3.27. The van der Waals surface area contributed by atoms with E-state index < -0.39 is 0 Å². The van der Waals surface area contributed by atoms with Crippen molar-refractivity contribution in [3.8, 4) is 0 Å². The summed E-state index contributed by atoms with van der Waals surface area (Å²) in [5, 5.41) is 0. The first-order chi connectivity index (χ1) is 7.38. The number of nitrogens with zero attached hydrogens (tertiary/aromatic N) is 1. The molecule has 0 radical (unpaired) electrons. The molecule has 0 saturated carbocycles. The van der Waals surface area contributed by atoms with Gasteiger partial charge in [0.25, 0.3) is 0 Å². The molecule has 0 bridgehead atoms. The van der Waals surface area contributed by atoms with Gasteiger partial charge in [-0.25, -0.2) is 0 Å². The smallest absolute Gasteiger partial charge is 0.0423 e. The van der Waals surface area contributed by atoms with E-state index in [1.165, 1.54) is 17.7 Å². The second kappa shape index (κ2) is 3.69. The molecule has 0 amide bonds. The highest BCUT2D eigenvalue weighted by atomic mass is 15.2. The molecular weight excluding hydrogens is 196 g/mol. The molecule has 1 aromatic carbocycles. The van der Waals surface area contributed by atoms with Crippen LogP contribution in [0.15, 0.2) is 18.2 Å². The molecule has 1 aromatic rings. The SMILES string of the molecule is CC1Cc2ccc(N)cc2N(C(C)(C)C)C1. The lowest BCUT2D eigenvalue weighted by atomic mass is 9.90. The number of anilines is 2. The van der Waals surface area contributed by atoms with Crippen molar-refractivity contribution in [1.82, 2.24) is 0 Å². The number of hydrogen-bond acceptors (Lipinski definition) is 2. The van der Waals surface area contributed by atoms with Crippen LogP contribution in [0.4, 0.5) is 11.4 Å². The predicted octanol–water partition coefficient (Wildman–Crippen LogP) is 3.07. The summed E-state index contributed by atoms with van der Waals surface area (Å²) in [6.45, 7) is 10.2. The molecule has 0 aliphatic carbocycles. The summed E-state index contributed by atoms with van der Waals surface area (Å²) in [5.41, 5.74) is 9.68. The van der Waals surface area contributed by atoms with E-state index in [1.807, 2.05) is 6.07 Å². The third kappa shape index (κ3) is 2.01. The van der Waals surface area contributed by atoms with Gasteiger partial charge in [0.15, 0.2) is 0 Å². The molecule has 2 N–H and O–H groups in total. The summed E-state index contributed by atoms with van der Waals surface area (Å²) in [5.74, 6) is 0.718. The van der Waals surface area contributed by atoms with Crippen LogP contribution in [0.3, 0.4) is 0 Å². The second-order valence-corrected chi connectivity index (χ2v) is 5.98. The van der Waals surface area contributed by atoms with E-state index in [9.17, 15) is 0 Å². The highest BCUT2D eigenvalue weighted by Crippen LogP contribution is 2.35. The molecule has 16 heavy (non-hydrogen) atoms. The van der Waals surface area contributed by atoms with Crippen molar-refractivity contribution in [2.45, 2.75) is 39.7 Å². The Morgan fingerprint density at radius 2 is 2.00 bits per heavy atom. The van der Waals surface area contributed by atoms with Gasteiger partial charge in [-0.2, -0.15) is 0 Å². The fraction of sp³-hybridized carbons (Fsp3) is 0.571. The molecule has 2 heteroatoms. The van der Waals surface area contributed by atoms with Crippen molar-refractivity contribution < 1.29 is 0 Å². The molecule has 1 atom stereocenters. The minimum absolute atomic E-state index is 0.164. The first kappa shape index (κ1) is 11.3. The Morgan fingerprint density at radius 3 is 2.62 bits per heavy atom. The van der Waals surface area contributed by atoms with E-state index in [4.69, 9.17) is 5.73 Å². The molecular formula is C14H22N2. The molecule has 0 fully saturated rings. The van der Waals surface area contributed by atoms with Crippen LogP contribution in [0.2, 0.25) is 0 Å². The number of nitrogen functional groups attached to an aromatic ring is 1.